The molecule has 1 unspecified atom stereocenters. The molecule has 1 N–H and O–H groups in total. The van der Waals surface area contributed by atoms with Gasteiger partial charge in [-0.25, -0.2) is 0 Å². The van der Waals surface area contributed by atoms with Crippen molar-refractivity contribution in [3.8, 4) is 0 Å². The van der Waals surface area contributed by atoms with Crippen LogP contribution in [0.4, 0.5) is 0 Å². The molecule has 0 saturated heterocycles. The maximum Gasteiger partial charge on any atom is 0.224 e. The van der Waals surface area contributed by atoms with Gasteiger partial charge in [0.15, 0.2) is 5.78 Å². The maximum atomic E-state index is 11.6. The van der Waals surface area contributed by atoms with Gasteiger partial charge >= 0.3 is 0 Å². The average molecular weight is 284 g/mol. The number of rotatable bonds is 4. The number of carbonyl (C=O) groups excluding carboxylic acids is 2. The summed E-state index contributed by atoms with van der Waals surface area (Å²) in [7, 11) is 0. The Hall–Kier alpha value is -1.16. The van der Waals surface area contributed by atoms with E-state index in [4.69, 9.17) is 0 Å². The molecule has 1 rings (SSSR count). The third kappa shape index (κ3) is 4.14. The molecular formula is C12H14BrNO2. The Balaban J connectivity index is 2.55. The lowest BCUT2D eigenvalue weighted by Gasteiger charge is -2.10. The Bertz CT molecular complexity index is 404. The molecule has 3 nitrogen and oxygen atoms in total. The number of hydrogen-bond donors (Lipinski definition) is 1. The molecule has 0 aromatic heterocycles. The van der Waals surface area contributed by atoms with Crippen molar-refractivity contribution in [1.82, 2.24) is 5.32 Å². The van der Waals surface area contributed by atoms with Gasteiger partial charge in [0.05, 0.1) is 12.5 Å². The number of carbonyl (C=O) groups is 2. The first kappa shape index (κ1) is 12.9. The van der Waals surface area contributed by atoms with Crippen molar-refractivity contribution >= 4 is 27.6 Å². The Kier molecular flexibility index (Phi) is 4.68. The Morgan fingerprint density at radius 3 is 2.69 bits per heavy atom. The highest BCUT2D eigenvalue weighted by Crippen LogP contribution is 2.11. The van der Waals surface area contributed by atoms with Gasteiger partial charge in [0, 0.05) is 4.47 Å². The van der Waals surface area contributed by atoms with E-state index in [1.165, 1.54) is 6.92 Å². The van der Waals surface area contributed by atoms with E-state index < -0.39 is 6.04 Å². The van der Waals surface area contributed by atoms with Gasteiger partial charge in [-0.2, -0.15) is 0 Å². The summed E-state index contributed by atoms with van der Waals surface area (Å²) in [5.41, 5.74) is 0.919. The van der Waals surface area contributed by atoms with Crippen LogP contribution in [0.2, 0.25) is 0 Å². The molecule has 0 aliphatic rings. The van der Waals surface area contributed by atoms with Gasteiger partial charge in [0.2, 0.25) is 5.91 Å². The Labute approximate surface area is 103 Å². The fourth-order valence-electron chi connectivity index (χ4n) is 1.23. The minimum Gasteiger partial charge on any atom is -0.346 e. The molecule has 1 amide bonds. The third-order valence-electron chi connectivity index (χ3n) is 2.24. The normalized spacial score (nSPS) is 11.9. The molecule has 1 atom stereocenters. The van der Waals surface area contributed by atoms with Crippen LogP contribution in [0.5, 0.6) is 0 Å². The summed E-state index contributed by atoms with van der Waals surface area (Å²) in [6.07, 6.45) is 0.289. The highest BCUT2D eigenvalue weighted by molar-refractivity contribution is 9.10. The second kappa shape index (κ2) is 5.80. The van der Waals surface area contributed by atoms with Crippen molar-refractivity contribution < 1.29 is 9.59 Å². The molecule has 0 spiro atoms. The van der Waals surface area contributed by atoms with Crippen molar-refractivity contribution in [3.63, 3.8) is 0 Å². The molecule has 0 radical (unpaired) electrons. The zero-order chi connectivity index (χ0) is 12.1. The smallest absolute Gasteiger partial charge is 0.224 e. The molecule has 0 aliphatic heterocycles. The molecule has 16 heavy (non-hydrogen) atoms. The lowest BCUT2D eigenvalue weighted by atomic mass is 10.1. The van der Waals surface area contributed by atoms with Gasteiger partial charge in [-0.3, -0.25) is 9.59 Å². The second-order valence-electron chi connectivity index (χ2n) is 3.71. The summed E-state index contributed by atoms with van der Waals surface area (Å²) in [6.45, 7) is 3.14. The van der Waals surface area contributed by atoms with Gasteiger partial charge in [-0.05, 0) is 31.5 Å². The van der Waals surface area contributed by atoms with E-state index in [0.717, 1.165) is 10.0 Å². The van der Waals surface area contributed by atoms with Crippen LogP contribution < -0.4 is 5.32 Å². The molecule has 1 aromatic carbocycles. The van der Waals surface area contributed by atoms with Crippen LogP contribution in [-0.4, -0.2) is 17.7 Å². The average Bonchev–Trinajstić information content (AvgIpc) is 2.16. The summed E-state index contributed by atoms with van der Waals surface area (Å²) in [6, 6.07) is 7.13. The number of benzene rings is 1. The van der Waals surface area contributed by atoms with E-state index in [1.807, 2.05) is 24.3 Å². The second-order valence-corrected chi connectivity index (χ2v) is 4.62. The first-order chi connectivity index (χ1) is 7.49. The molecule has 0 saturated carbocycles. The number of ketones is 1. The van der Waals surface area contributed by atoms with Crippen molar-refractivity contribution in [2.24, 2.45) is 0 Å². The van der Waals surface area contributed by atoms with E-state index in [-0.39, 0.29) is 18.1 Å². The molecule has 1 aromatic rings. The maximum absolute atomic E-state index is 11.6. The SMILES string of the molecule is CC(=O)C(C)NC(=O)Cc1cccc(Br)c1. The monoisotopic (exact) mass is 283 g/mol. The van der Waals surface area contributed by atoms with Crippen LogP contribution >= 0.6 is 15.9 Å². The minimum absolute atomic E-state index is 0.0393. The van der Waals surface area contributed by atoms with Crippen LogP contribution in [0.3, 0.4) is 0 Å². The van der Waals surface area contributed by atoms with E-state index in [0.29, 0.717) is 0 Å². The summed E-state index contributed by atoms with van der Waals surface area (Å²) >= 11 is 3.34. The topological polar surface area (TPSA) is 46.2 Å². The molecule has 0 bridgehead atoms. The van der Waals surface area contributed by atoms with E-state index >= 15 is 0 Å². The van der Waals surface area contributed by atoms with Crippen LogP contribution in [0.1, 0.15) is 19.4 Å². The summed E-state index contributed by atoms with van der Waals surface area (Å²) < 4.78 is 0.942. The molecule has 0 heterocycles. The first-order valence-electron chi connectivity index (χ1n) is 5.03. The molecule has 0 fully saturated rings. The van der Waals surface area contributed by atoms with Crippen molar-refractivity contribution in [3.05, 3.63) is 34.3 Å². The van der Waals surface area contributed by atoms with Crippen molar-refractivity contribution in [2.45, 2.75) is 26.3 Å². The number of halogens is 1. The standard InChI is InChI=1S/C12H14BrNO2/c1-8(9(2)15)14-12(16)7-10-4-3-5-11(13)6-10/h3-6,8H,7H2,1-2H3,(H,14,16). The summed E-state index contributed by atoms with van der Waals surface area (Å²) in [5, 5.41) is 2.64. The quantitative estimate of drug-likeness (QED) is 0.920. The van der Waals surface area contributed by atoms with Crippen molar-refractivity contribution in [2.75, 3.05) is 0 Å². The van der Waals surface area contributed by atoms with Crippen LogP contribution in [0.15, 0.2) is 28.7 Å². The van der Waals surface area contributed by atoms with Crippen molar-refractivity contribution in [1.29, 1.82) is 0 Å². The number of nitrogens with one attached hydrogen (secondary N) is 1. The van der Waals surface area contributed by atoms with Gasteiger partial charge in [-0.15, -0.1) is 0 Å². The summed E-state index contributed by atoms with van der Waals surface area (Å²) in [4.78, 5) is 22.5. The van der Waals surface area contributed by atoms with E-state index in [9.17, 15) is 9.59 Å². The number of Topliss-reactive ketones (excluding diaryl/α,β-unsaturated/α-hetero) is 1. The predicted molar refractivity (Wildman–Crippen MR) is 66.1 cm³/mol. The first-order valence-corrected chi connectivity index (χ1v) is 5.82. The predicted octanol–water partition coefficient (Wildman–Crippen LogP) is 2.09. The Morgan fingerprint density at radius 1 is 1.44 bits per heavy atom. The van der Waals surface area contributed by atoms with Crippen LogP contribution in [0, 0.1) is 0 Å². The highest BCUT2D eigenvalue weighted by Gasteiger charge is 2.11. The molecule has 86 valence electrons. The fourth-order valence-corrected chi connectivity index (χ4v) is 1.67. The molecule has 4 heteroatoms. The zero-order valence-electron chi connectivity index (χ0n) is 9.29. The minimum atomic E-state index is -0.417. The van der Waals surface area contributed by atoms with Gasteiger partial charge in [-0.1, -0.05) is 28.1 Å². The lowest BCUT2D eigenvalue weighted by Crippen LogP contribution is -2.38. The summed E-state index contributed by atoms with van der Waals surface area (Å²) in [5.74, 6) is -0.177. The molecule has 0 aliphatic carbocycles. The van der Waals surface area contributed by atoms with E-state index in [2.05, 4.69) is 21.2 Å². The largest absolute Gasteiger partial charge is 0.346 e. The van der Waals surface area contributed by atoms with Crippen LogP contribution in [-0.2, 0) is 16.0 Å². The van der Waals surface area contributed by atoms with Gasteiger partial charge < -0.3 is 5.32 Å². The Morgan fingerprint density at radius 2 is 2.12 bits per heavy atom. The lowest BCUT2D eigenvalue weighted by molar-refractivity contribution is -0.126. The zero-order valence-corrected chi connectivity index (χ0v) is 10.9. The highest BCUT2D eigenvalue weighted by atomic mass is 79.9. The van der Waals surface area contributed by atoms with Gasteiger partial charge in [0.1, 0.15) is 0 Å². The third-order valence-corrected chi connectivity index (χ3v) is 2.73. The van der Waals surface area contributed by atoms with Crippen LogP contribution in [0.25, 0.3) is 0 Å². The fraction of sp³-hybridized carbons (Fsp3) is 0.333. The number of hydrogen-bond acceptors (Lipinski definition) is 2. The van der Waals surface area contributed by atoms with Gasteiger partial charge in [0.25, 0.3) is 0 Å². The van der Waals surface area contributed by atoms with E-state index in [1.54, 1.807) is 6.92 Å². The molecular weight excluding hydrogens is 270 g/mol. The number of amides is 1.